The number of carboxylic acid groups (broad SMARTS) is 1. The lowest BCUT2D eigenvalue weighted by Crippen LogP contribution is -2.64. The van der Waals surface area contributed by atoms with Crippen LogP contribution in [0.2, 0.25) is 0 Å². The van der Waals surface area contributed by atoms with Gasteiger partial charge in [-0.25, -0.2) is 4.18 Å². The molecule has 4 saturated carbocycles. The number of aromatic hydroxyl groups is 1. The molecule has 4 aliphatic carbocycles. The summed E-state index contributed by atoms with van der Waals surface area (Å²) in [5.74, 6) is -1.89. The number of ether oxygens (including phenoxy) is 2. The molecular formula is C36H52N2O16S2. The number of aliphatic hydroxyl groups is 2. The predicted octanol–water partition coefficient (Wildman–Crippen LogP) is 1.96. The number of hydrogen-bond acceptors (Lipinski definition) is 16. The molecule has 5 aliphatic rings. The molecule has 56 heavy (non-hydrogen) atoms. The van der Waals surface area contributed by atoms with E-state index in [1.165, 1.54) is 12.1 Å². The fourth-order valence-electron chi connectivity index (χ4n) is 10.7. The maximum absolute atomic E-state index is 12.8. The van der Waals surface area contributed by atoms with Crippen molar-refractivity contribution >= 4 is 35.2 Å². The molecule has 0 aromatic heterocycles. The van der Waals surface area contributed by atoms with Crippen molar-refractivity contribution in [1.29, 1.82) is 0 Å². The van der Waals surface area contributed by atoms with Gasteiger partial charge in [-0.05, 0) is 108 Å². The number of fused-ring (bicyclic) bond motifs is 3. The van der Waals surface area contributed by atoms with Crippen LogP contribution in [0, 0.1) is 34.5 Å². The van der Waals surface area contributed by atoms with E-state index in [0.717, 1.165) is 30.4 Å². The fourth-order valence-corrected chi connectivity index (χ4v) is 11.2. The summed E-state index contributed by atoms with van der Waals surface area (Å²) in [4.78, 5) is 30.4. The van der Waals surface area contributed by atoms with Crippen molar-refractivity contribution in [2.24, 2.45) is 34.5 Å². The minimum atomic E-state index is -5.22. The molecule has 2 bridgehead atoms. The SMILES string of the molecule is C=C1C2CCC3C4(C)CC(O[C@@H]5O[C@@H](CNCCNC(=O)CCc6ccc(O)cc6)[C@@H](OOOOS)[C@H](OS(=O)(=O)O)C5O)CC(C(=O)O)C4CCC3(C2)[C@H]1O. The number of carboxylic acids is 1. The highest BCUT2D eigenvalue weighted by molar-refractivity contribution is 7.80. The second-order valence-electron chi connectivity index (χ2n) is 16.0. The molecular weight excluding hydrogens is 781 g/mol. The first-order valence-electron chi connectivity index (χ1n) is 18.9. The number of thiol groups is 1. The van der Waals surface area contributed by atoms with Gasteiger partial charge in [0.05, 0.1) is 18.1 Å². The normalized spacial score (nSPS) is 38.1. The Morgan fingerprint density at radius 2 is 1.82 bits per heavy atom. The average molecular weight is 833 g/mol. The number of hydrogen-bond donors (Lipinski definition) is 8. The van der Waals surface area contributed by atoms with Crippen LogP contribution >= 0.6 is 12.9 Å². The second-order valence-corrected chi connectivity index (χ2v) is 17.2. The zero-order valence-corrected chi connectivity index (χ0v) is 32.6. The summed E-state index contributed by atoms with van der Waals surface area (Å²) in [6.45, 7) is 6.51. The van der Waals surface area contributed by atoms with Gasteiger partial charge in [0, 0.05) is 44.4 Å². The molecule has 1 amide bonds. The Bertz CT molecular complexity index is 1670. The number of phenolic OH excluding ortho intramolecular Hbond substituents is 1. The summed E-state index contributed by atoms with van der Waals surface area (Å²) in [6.07, 6.45) is -4.93. The van der Waals surface area contributed by atoms with Crippen LogP contribution in [0.1, 0.15) is 63.9 Å². The second kappa shape index (κ2) is 17.8. The first-order chi connectivity index (χ1) is 26.6. The number of carbonyl (C=O) groups excluding carboxylic acids is 1. The van der Waals surface area contributed by atoms with Gasteiger partial charge in [-0.3, -0.25) is 14.1 Å². The Hall–Kier alpha value is -2.44. The highest BCUT2D eigenvalue weighted by Gasteiger charge is 2.67. The highest BCUT2D eigenvalue weighted by atomic mass is 32.3. The molecule has 13 atom stereocenters. The van der Waals surface area contributed by atoms with Gasteiger partial charge in [-0.1, -0.05) is 25.6 Å². The van der Waals surface area contributed by atoms with Crippen LogP contribution in [0.3, 0.4) is 0 Å². The van der Waals surface area contributed by atoms with Gasteiger partial charge >= 0.3 is 16.4 Å². The van der Waals surface area contributed by atoms with Crippen molar-refractivity contribution < 1.29 is 75.9 Å². The van der Waals surface area contributed by atoms with E-state index in [1.54, 1.807) is 12.1 Å². The van der Waals surface area contributed by atoms with E-state index in [9.17, 15) is 43.0 Å². The molecule has 6 rings (SSSR count). The monoisotopic (exact) mass is 832 g/mol. The Morgan fingerprint density at radius 3 is 2.52 bits per heavy atom. The van der Waals surface area contributed by atoms with Crippen molar-refractivity contribution in [3.05, 3.63) is 42.0 Å². The molecule has 1 aliphatic heterocycles. The number of aliphatic hydroxyl groups excluding tert-OH is 2. The minimum Gasteiger partial charge on any atom is -0.508 e. The minimum absolute atomic E-state index is 0.0189. The topological polar surface area (TPSA) is 258 Å². The molecule has 1 spiro atoms. The third-order valence-electron chi connectivity index (χ3n) is 13.0. The van der Waals surface area contributed by atoms with Crippen LogP contribution in [-0.2, 0) is 59.4 Å². The zero-order chi connectivity index (χ0) is 40.4. The molecule has 20 heteroatoms. The Balaban J connectivity index is 1.16. The van der Waals surface area contributed by atoms with Gasteiger partial charge in [0.1, 0.15) is 24.1 Å². The molecule has 1 aromatic rings. The van der Waals surface area contributed by atoms with E-state index in [0.29, 0.717) is 25.7 Å². The number of aliphatic carboxylic acids is 1. The maximum atomic E-state index is 12.8. The number of rotatable bonds is 17. The maximum Gasteiger partial charge on any atom is 0.397 e. The Labute approximate surface area is 330 Å². The van der Waals surface area contributed by atoms with E-state index in [2.05, 4.69) is 51.5 Å². The molecule has 1 saturated heterocycles. The van der Waals surface area contributed by atoms with Crippen LogP contribution in [-0.4, -0.2) is 108 Å². The van der Waals surface area contributed by atoms with E-state index < -0.39 is 76.0 Å². The van der Waals surface area contributed by atoms with Crippen LogP contribution < -0.4 is 10.6 Å². The third kappa shape index (κ3) is 9.22. The smallest absolute Gasteiger partial charge is 0.397 e. The lowest BCUT2D eigenvalue weighted by Gasteiger charge is -2.62. The number of amides is 1. The standard InChI is InChI=1S/C36H52N2O16S2/c1-19-21-6-9-27-35(2)17-23(15-24(33(43)44)25(35)11-12-36(27,16-21)32(19)42)48-34-29(41)31(51-56(45,46)47)30(50-52-53-54-55)26(49-34)18-37-13-14-38-28(40)10-5-20-3-7-22(39)8-4-20/h3-4,7-8,21,23-27,29-32,34,37,39,41-42,55H,1,5-6,9-18H2,2H3,(H,38,40)(H,43,44)(H,45,46,47)/t21?,23?,24?,25?,26-,27?,29?,30+,31+,32-,34+,35?,36?/m0/s1. The first kappa shape index (κ1) is 43.1. The Kier molecular flexibility index (Phi) is 13.7. The molecule has 18 nitrogen and oxygen atoms in total. The molecule has 7 N–H and O–H groups in total. The van der Waals surface area contributed by atoms with Gasteiger partial charge in [-0.2, -0.15) is 13.3 Å². The van der Waals surface area contributed by atoms with Crippen LogP contribution in [0.5, 0.6) is 5.75 Å². The third-order valence-corrected chi connectivity index (χ3v) is 13.6. The average Bonchev–Trinajstić information content (AvgIpc) is 3.31. The van der Waals surface area contributed by atoms with Gasteiger partial charge in [0.15, 0.2) is 12.4 Å². The lowest BCUT2D eigenvalue weighted by molar-refractivity contribution is -0.620. The van der Waals surface area contributed by atoms with Gasteiger partial charge in [0.25, 0.3) is 0 Å². The van der Waals surface area contributed by atoms with E-state index in [-0.39, 0.29) is 61.9 Å². The zero-order valence-electron chi connectivity index (χ0n) is 30.9. The molecule has 0 radical (unpaired) electrons. The van der Waals surface area contributed by atoms with Crippen LogP contribution in [0.15, 0.2) is 36.4 Å². The van der Waals surface area contributed by atoms with E-state index >= 15 is 0 Å². The van der Waals surface area contributed by atoms with Crippen molar-refractivity contribution in [3.63, 3.8) is 0 Å². The summed E-state index contributed by atoms with van der Waals surface area (Å²) in [7, 11) is -5.22. The quantitative estimate of drug-likeness (QED) is 0.0163. The van der Waals surface area contributed by atoms with Crippen LogP contribution in [0.4, 0.5) is 0 Å². The number of nitrogens with one attached hydrogen (secondary N) is 2. The summed E-state index contributed by atoms with van der Waals surface area (Å²) in [6, 6.07) is 6.52. The van der Waals surface area contributed by atoms with Gasteiger partial charge < -0.3 is 40.5 Å². The summed E-state index contributed by atoms with van der Waals surface area (Å²) in [5.41, 5.74) is 0.721. The highest BCUT2D eigenvalue weighted by Crippen LogP contribution is 2.70. The van der Waals surface area contributed by atoms with Crippen molar-refractivity contribution in [2.45, 2.75) is 108 Å². The number of carbonyl (C=O) groups is 2. The number of phenols is 1. The Morgan fingerprint density at radius 1 is 1.07 bits per heavy atom. The van der Waals surface area contributed by atoms with E-state index in [4.69, 9.17) is 18.5 Å². The predicted molar refractivity (Wildman–Crippen MR) is 195 cm³/mol. The van der Waals surface area contributed by atoms with Crippen molar-refractivity contribution in [2.75, 3.05) is 19.6 Å². The number of aryl methyl sites for hydroxylation is 1. The molecule has 1 heterocycles. The molecule has 1 aromatic carbocycles. The number of benzene rings is 1. The van der Waals surface area contributed by atoms with Gasteiger partial charge in [-0.15, -0.1) is 4.33 Å². The molecule has 314 valence electrons. The largest absolute Gasteiger partial charge is 0.508 e. The van der Waals surface area contributed by atoms with Crippen LogP contribution in [0.25, 0.3) is 0 Å². The fraction of sp³-hybridized carbons (Fsp3) is 0.722. The van der Waals surface area contributed by atoms with E-state index in [1.807, 2.05) is 0 Å². The summed E-state index contributed by atoms with van der Waals surface area (Å²) >= 11 is 3.37. The van der Waals surface area contributed by atoms with Crippen molar-refractivity contribution in [3.8, 4) is 5.75 Å². The van der Waals surface area contributed by atoms with Gasteiger partial charge in [0.2, 0.25) is 5.91 Å². The molecule has 8 unspecified atom stereocenters. The molecule has 5 fully saturated rings. The van der Waals surface area contributed by atoms with Crippen molar-refractivity contribution in [1.82, 2.24) is 10.6 Å². The summed E-state index contributed by atoms with van der Waals surface area (Å²) in [5, 5.41) is 57.4. The lowest BCUT2D eigenvalue weighted by atomic mass is 9.43. The first-order valence-corrected chi connectivity index (χ1v) is 20.6. The summed E-state index contributed by atoms with van der Waals surface area (Å²) < 4.78 is 55.2.